The van der Waals surface area contributed by atoms with E-state index in [1.807, 2.05) is 45.0 Å². The molecule has 1 heterocycles. The van der Waals surface area contributed by atoms with Crippen LogP contribution in [0.1, 0.15) is 31.4 Å². The summed E-state index contributed by atoms with van der Waals surface area (Å²) in [7, 11) is -3.58. The number of fused-ring (bicyclic) bond motifs is 1. The van der Waals surface area contributed by atoms with E-state index in [0.29, 0.717) is 11.5 Å². The minimum Gasteiger partial charge on any atom is -0.493 e. The molecule has 2 aromatic rings. The van der Waals surface area contributed by atoms with Crippen molar-refractivity contribution in [2.45, 2.75) is 44.6 Å². The summed E-state index contributed by atoms with van der Waals surface area (Å²) in [5.74, 6) is 0.741. The fraction of sp³-hybridized carbons (Fsp3) is 0.368. The predicted molar refractivity (Wildman–Crippen MR) is 96.2 cm³/mol. The fourth-order valence-electron chi connectivity index (χ4n) is 3.17. The molecular formula is C19H23NO3S. The topological polar surface area (TPSA) is 46.6 Å². The van der Waals surface area contributed by atoms with Gasteiger partial charge in [0.05, 0.1) is 17.2 Å². The standard InChI is InChI=1S/C19H23NO3S/c1-4-11-23-19-10-9-17(12-14(19)2)24(21,22)20-15(3)13-16-7-5-6-8-18(16)20/h5-10,12,15H,4,11,13H2,1-3H3. The van der Waals surface area contributed by atoms with Crippen LogP contribution in [0.25, 0.3) is 0 Å². The molecule has 3 rings (SSSR count). The lowest BCUT2D eigenvalue weighted by molar-refractivity contribution is 0.315. The minimum absolute atomic E-state index is 0.0799. The van der Waals surface area contributed by atoms with Crippen molar-refractivity contribution in [2.24, 2.45) is 0 Å². The summed E-state index contributed by atoms with van der Waals surface area (Å²) in [5, 5.41) is 0. The highest BCUT2D eigenvalue weighted by Gasteiger charge is 2.35. The summed E-state index contributed by atoms with van der Waals surface area (Å²) < 4.78 is 33.5. The van der Waals surface area contributed by atoms with Gasteiger partial charge in [0.25, 0.3) is 10.0 Å². The second kappa shape index (κ2) is 6.48. The second-order valence-electron chi connectivity index (χ2n) is 6.26. The lowest BCUT2D eigenvalue weighted by Crippen LogP contribution is -2.35. The van der Waals surface area contributed by atoms with Crippen LogP contribution in [0, 0.1) is 6.92 Å². The number of sulfonamides is 1. The monoisotopic (exact) mass is 345 g/mol. The number of anilines is 1. The van der Waals surface area contributed by atoms with Gasteiger partial charge >= 0.3 is 0 Å². The Morgan fingerprint density at radius 1 is 1.21 bits per heavy atom. The zero-order valence-corrected chi connectivity index (χ0v) is 15.1. The highest BCUT2D eigenvalue weighted by atomic mass is 32.2. The van der Waals surface area contributed by atoms with Crippen molar-refractivity contribution >= 4 is 15.7 Å². The van der Waals surface area contributed by atoms with E-state index < -0.39 is 10.0 Å². The summed E-state index contributed by atoms with van der Waals surface area (Å²) in [6, 6.07) is 12.7. The largest absolute Gasteiger partial charge is 0.493 e. The van der Waals surface area contributed by atoms with Crippen LogP contribution in [0.3, 0.4) is 0 Å². The first kappa shape index (κ1) is 16.8. The van der Waals surface area contributed by atoms with Crippen molar-refractivity contribution in [2.75, 3.05) is 10.9 Å². The molecule has 128 valence electrons. The first-order valence-electron chi connectivity index (χ1n) is 8.31. The number of nitrogens with zero attached hydrogens (tertiary/aromatic N) is 1. The Morgan fingerprint density at radius 3 is 2.67 bits per heavy atom. The van der Waals surface area contributed by atoms with Crippen LogP contribution in [0.4, 0.5) is 5.69 Å². The van der Waals surface area contributed by atoms with E-state index in [1.54, 1.807) is 22.5 Å². The minimum atomic E-state index is -3.58. The van der Waals surface area contributed by atoms with Crippen LogP contribution in [0.15, 0.2) is 47.4 Å². The molecule has 0 fully saturated rings. The molecule has 1 aliphatic heterocycles. The van der Waals surface area contributed by atoms with Crippen molar-refractivity contribution in [3.63, 3.8) is 0 Å². The third-order valence-electron chi connectivity index (χ3n) is 4.31. The van der Waals surface area contributed by atoms with E-state index in [4.69, 9.17) is 4.74 Å². The average molecular weight is 345 g/mol. The maximum Gasteiger partial charge on any atom is 0.264 e. The number of ether oxygens (including phenoxy) is 1. The van der Waals surface area contributed by atoms with E-state index >= 15 is 0 Å². The molecule has 0 saturated heterocycles. The Bertz CT molecular complexity index is 845. The Balaban J connectivity index is 1.98. The molecule has 2 aromatic carbocycles. The Hall–Kier alpha value is -2.01. The average Bonchev–Trinajstić information content (AvgIpc) is 2.90. The number of para-hydroxylation sites is 1. The van der Waals surface area contributed by atoms with Crippen LogP contribution in [0.2, 0.25) is 0 Å². The zero-order chi connectivity index (χ0) is 17.3. The normalized spacial score (nSPS) is 17.0. The van der Waals surface area contributed by atoms with Crippen molar-refractivity contribution in [1.82, 2.24) is 0 Å². The first-order chi connectivity index (χ1) is 11.4. The molecule has 0 N–H and O–H groups in total. The molecule has 0 aromatic heterocycles. The maximum absolute atomic E-state index is 13.2. The highest BCUT2D eigenvalue weighted by molar-refractivity contribution is 7.92. The van der Waals surface area contributed by atoms with E-state index in [2.05, 4.69) is 0 Å². The quantitative estimate of drug-likeness (QED) is 0.825. The molecule has 0 aliphatic carbocycles. The van der Waals surface area contributed by atoms with Gasteiger partial charge in [-0.1, -0.05) is 25.1 Å². The molecule has 0 spiro atoms. The van der Waals surface area contributed by atoms with Gasteiger partial charge in [-0.3, -0.25) is 4.31 Å². The van der Waals surface area contributed by atoms with Gasteiger partial charge in [0.2, 0.25) is 0 Å². The van der Waals surface area contributed by atoms with E-state index in [1.165, 1.54) is 0 Å². The molecule has 1 atom stereocenters. The van der Waals surface area contributed by atoms with Gasteiger partial charge in [0, 0.05) is 6.04 Å². The summed E-state index contributed by atoms with van der Waals surface area (Å²) in [4.78, 5) is 0.312. The molecule has 0 radical (unpaired) electrons. The molecule has 0 saturated carbocycles. The Morgan fingerprint density at radius 2 is 1.96 bits per heavy atom. The van der Waals surface area contributed by atoms with Crippen molar-refractivity contribution in [3.05, 3.63) is 53.6 Å². The van der Waals surface area contributed by atoms with Gasteiger partial charge in [-0.05, 0) is 62.1 Å². The van der Waals surface area contributed by atoms with Crippen LogP contribution in [-0.4, -0.2) is 21.1 Å². The van der Waals surface area contributed by atoms with Gasteiger partial charge in [-0.2, -0.15) is 0 Å². The van der Waals surface area contributed by atoms with E-state index in [9.17, 15) is 8.42 Å². The van der Waals surface area contributed by atoms with E-state index in [-0.39, 0.29) is 6.04 Å². The molecule has 1 aliphatic rings. The molecule has 24 heavy (non-hydrogen) atoms. The molecule has 5 heteroatoms. The number of benzene rings is 2. The predicted octanol–water partition coefficient (Wildman–Crippen LogP) is 3.92. The zero-order valence-electron chi connectivity index (χ0n) is 14.3. The first-order valence-corrected chi connectivity index (χ1v) is 9.75. The van der Waals surface area contributed by atoms with Crippen LogP contribution in [0.5, 0.6) is 5.75 Å². The lowest BCUT2D eigenvalue weighted by Gasteiger charge is -2.25. The Labute approximate surface area is 144 Å². The SMILES string of the molecule is CCCOc1ccc(S(=O)(=O)N2c3ccccc3CC2C)cc1C. The van der Waals surface area contributed by atoms with E-state index in [0.717, 1.165) is 35.4 Å². The number of hydrogen-bond acceptors (Lipinski definition) is 3. The lowest BCUT2D eigenvalue weighted by atomic mass is 10.1. The van der Waals surface area contributed by atoms with Crippen molar-refractivity contribution in [1.29, 1.82) is 0 Å². The summed E-state index contributed by atoms with van der Waals surface area (Å²) >= 11 is 0. The smallest absolute Gasteiger partial charge is 0.264 e. The summed E-state index contributed by atoms with van der Waals surface area (Å²) in [5.41, 5.74) is 2.70. The number of hydrogen-bond donors (Lipinski definition) is 0. The molecule has 0 amide bonds. The van der Waals surface area contributed by atoms with Crippen LogP contribution in [-0.2, 0) is 16.4 Å². The van der Waals surface area contributed by atoms with Gasteiger partial charge in [-0.15, -0.1) is 0 Å². The van der Waals surface area contributed by atoms with Gasteiger partial charge < -0.3 is 4.74 Å². The molecular weight excluding hydrogens is 322 g/mol. The third-order valence-corrected chi connectivity index (χ3v) is 6.23. The third kappa shape index (κ3) is 2.88. The summed E-state index contributed by atoms with van der Waals surface area (Å²) in [6.07, 6.45) is 1.66. The molecule has 4 nitrogen and oxygen atoms in total. The van der Waals surface area contributed by atoms with Gasteiger partial charge in [0.15, 0.2) is 0 Å². The van der Waals surface area contributed by atoms with Gasteiger partial charge in [-0.25, -0.2) is 8.42 Å². The summed E-state index contributed by atoms with van der Waals surface area (Å²) in [6.45, 7) is 6.50. The van der Waals surface area contributed by atoms with Crippen LogP contribution >= 0.6 is 0 Å². The van der Waals surface area contributed by atoms with Gasteiger partial charge in [0.1, 0.15) is 5.75 Å². The second-order valence-corrected chi connectivity index (χ2v) is 8.07. The molecule has 1 unspecified atom stereocenters. The molecule has 0 bridgehead atoms. The number of aryl methyl sites for hydroxylation is 1. The van der Waals surface area contributed by atoms with Crippen molar-refractivity contribution < 1.29 is 13.2 Å². The number of rotatable bonds is 5. The van der Waals surface area contributed by atoms with Crippen molar-refractivity contribution in [3.8, 4) is 5.75 Å². The maximum atomic E-state index is 13.2. The fourth-order valence-corrected chi connectivity index (χ4v) is 4.95. The van der Waals surface area contributed by atoms with Crippen LogP contribution < -0.4 is 9.04 Å². The Kier molecular flexibility index (Phi) is 4.54. The highest BCUT2D eigenvalue weighted by Crippen LogP contribution is 2.37.